The van der Waals surface area contributed by atoms with Gasteiger partial charge in [-0.15, -0.1) is 0 Å². The Labute approximate surface area is 253 Å². The van der Waals surface area contributed by atoms with Crippen molar-refractivity contribution in [3.8, 4) is 17.2 Å². The van der Waals surface area contributed by atoms with Gasteiger partial charge < -0.3 is 34.3 Å². The van der Waals surface area contributed by atoms with Gasteiger partial charge in [0.2, 0.25) is 5.91 Å². The van der Waals surface area contributed by atoms with Crippen molar-refractivity contribution in [1.29, 1.82) is 0 Å². The molecular formula is C34H43FN2O6. The first-order valence-corrected chi connectivity index (χ1v) is 14.9. The Kier molecular flexibility index (Phi) is 13.1. The van der Waals surface area contributed by atoms with Gasteiger partial charge in [0.15, 0.2) is 0 Å². The maximum atomic E-state index is 13.8. The Hall–Kier alpha value is -3.66. The largest absolute Gasteiger partial charge is 0.496 e. The number of hydrogen-bond acceptors (Lipinski definition) is 7. The summed E-state index contributed by atoms with van der Waals surface area (Å²) in [5.74, 6) is 2.09. The third kappa shape index (κ3) is 10.5. The minimum absolute atomic E-state index is 0.0111. The van der Waals surface area contributed by atoms with Gasteiger partial charge in [-0.05, 0) is 66.9 Å². The molecule has 1 unspecified atom stereocenters. The van der Waals surface area contributed by atoms with Crippen LogP contribution in [0.5, 0.6) is 17.2 Å². The first-order valence-electron chi connectivity index (χ1n) is 14.9. The molecular weight excluding hydrogens is 551 g/mol. The van der Waals surface area contributed by atoms with Crippen LogP contribution in [0.4, 0.5) is 4.39 Å². The predicted octanol–water partition coefficient (Wildman–Crippen LogP) is 5.04. The molecule has 3 aromatic rings. The van der Waals surface area contributed by atoms with E-state index in [4.69, 9.17) is 23.7 Å². The van der Waals surface area contributed by atoms with Gasteiger partial charge in [-0.1, -0.05) is 30.3 Å². The van der Waals surface area contributed by atoms with Crippen molar-refractivity contribution in [2.75, 3.05) is 53.2 Å². The molecule has 0 aromatic heterocycles. The molecule has 1 fully saturated rings. The molecule has 1 saturated heterocycles. The minimum Gasteiger partial charge on any atom is -0.496 e. The summed E-state index contributed by atoms with van der Waals surface area (Å²) in [6.07, 6.45) is 2.26. The summed E-state index contributed by atoms with van der Waals surface area (Å²) in [5, 5.41) is 6.16. The van der Waals surface area contributed by atoms with Gasteiger partial charge in [0.05, 0.1) is 39.6 Å². The van der Waals surface area contributed by atoms with Gasteiger partial charge in [-0.25, -0.2) is 4.39 Å². The zero-order valence-electron chi connectivity index (χ0n) is 25.1. The molecule has 43 heavy (non-hydrogen) atoms. The number of carbonyl (C=O) groups is 1. The maximum Gasteiger partial charge on any atom is 0.216 e. The standard InChI is InChI=1S/C34H43FN2O6/c1-25(38)37-17-14-27-22-29(35)10-13-33(27)42-20-21-43-34-23-36-16-15-31(34)26-8-11-30(12-9-26)41-19-5-18-40-24-28-6-3-4-7-32(28)39-2/h3-4,6-13,22,31,34,36H,5,14-21,23-24H2,1-2H3,(H,37,38)/t31-,34?/m1/s1. The number of benzene rings is 3. The fraction of sp³-hybridized carbons (Fsp3) is 0.441. The van der Waals surface area contributed by atoms with Crippen LogP contribution in [-0.4, -0.2) is 65.2 Å². The summed E-state index contributed by atoms with van der Waals surface area (Å²) in [5.41, 5.74) is 2.97. The SMILES string of the molecule is COc1ccccc1COCCCOc1ccc([C@H]2CCNCC2OCCOc2ccc(F)cc2CCNC(C)=O)cc1. The molecule has 232 valence electrons. The van der Waals surface area contributed by atoms with Crippen LogP contribution in [-0.2, 0) is 27.3 Å². The number of rotatable bonds is 17. The number of piperidine rings is 1. The van der Waals surface area contributed by atoms with Crippen molar-refractivity contribution in [2.24, 2.45) is 0 Å². The summed E-state index contributed by atoms with van der Waals surface area (Å²) >= 11 is 0. The maximum absolute atomic E-state index is 13.8. The smallest absolute Gasteiger partial charge is 0.216 e. The normalized spacial score (nSPS) is 16.4. The van der Waals surface area contributed by atoms with E-state index in [1.807, 2.05) is 36.4 Å². The van der Waals surface area contributed by atoms with E-state index in [1.165, 1.54) is 24.6 Å². The highest BCUT2D eigenvalue weighted by Gasteiger charge is 2.27. The second-order valence-corrected chi connectivity index (χ2v) is 10.5. The molecule has 1 heterocycles. The van der Waals surface area contributed by atoms with E-state index in [0.29, 0.717) is 57.3 Å². The van der Waals surface area contributed by atoms with Crippen molar-refractivity contribution in [3.63, 3.8) is 0 Å². The lowest BCUT2D eigenvalue weighted by Gasteiger charge is -2.32. The van der Waals surface area contributed by atoms with Crippen LogP contribution in [0.25, 0.3) is 0 Å². The minimum atomic E-state index is -0.330. The lowest BCUT2D eigenvalue weighted by Crippen LogP contribution is -2.41. The van der Waals surface area contributed by atoms with Crippen LogP contribution in [0.2, 0.25) is 0 Å². The van der Waals surface area contributed by atoms with Crippen LogP contribution < -0.4 is 24.8 Å². The Morgan fingerprint density at radius 2 is 1.79 bits per heavy atom. The molecule has 4 rings (SSSR count). The number of para-hydroxylation sites is 1. The molecule has 0 aliphatic carbocycles. The third-order valence-corrected chi connectivity index (χ3v) is 7.35. The van der Waals surface area contributed by atoms with Gasteiger partial charge in [0.25, 0.3) is 0 Å². The molecule has 9 heteroatoms. The Bertz CT molecular complexity index is 1270. The van der Waals surface area contributed by atoms with Gasteiger partial charge in [-0.3, -0.25) is 4.79 Å². The van der Waals surface area contributed by atoms with E-state index in [2.05, 4.69) is 22.8 Å². The van der Waals surface area contributed by atoms with Gasteiger partial charge in [-0.2, -0.15) is 0 Å². The van der Waals surface area contributed by atoms with Crippen LogP contribution in [0.3, 0.4) is 0 Å². The van der Waals surface area contributed by atoms with Crippen molar-refractivity contribution < 1.29 is 32.9 Å². The summed E-state index contributed by atoms with van der Waals surface area (Å²) in [7, 11) is 1.67. The highest BCUT2D eigenvalue weighted by molar-refractivity contribution is 5.72. The molecule has 2 atom stereocenters. The highest BCUT2D eigenvalue weighted by atomic mass is 19.1. The number of amides is 1. The fourth-order valence-electron chi connectivity index (χ4n) is 5.16. The van der Waals surface area contributed by atoms with Crippen LogP contribution in [0.1, 0.15) is 42.4 Å². The molecule has 0 radical (unpaired) electrons. The van der Waals surface area contributed by atoms with E-state index in [-0.39, 0.29) is 23.7 Å². The first kappa shape index (κ1) is 32.3. The van der Waals surface area contributed by atoms with Crippen LogP contribution in [0.15, 0.2) is 66.7 Å². The Morgan fingerprint density at radius 1 is 0.953 bits per heavy atom. The second kappa shape index (κ2) is 17.5. The summed E-state index contributed by atoms with van der Waals surface area (Å²) in [6, 6.07) is 20.6. The van der Waals surface area contributed by atoms with Crippen LogP contribution in [0, 0.1) is 5.82 Å². The van der Waals surface area contributed by atoms with Gasteiger partial charge in [0, 0.05) is 37.9 Å². The number of carbonyl (C=O) groups excluding carboxylic acids is 1. The summed E-state index contributed by atoms with van der Waals surface area (Å²) in [4.78, 5) is 11.2. The topological polar surface area (TPSA) is 87.3 Å². The van der Waals surface area contributed by atoms with E-state index >= 15 is 0 Å². The van der Waals surface area contributed by atoms with E-state index in [1.54, 1.807) is 13.2 Å². The lowest BCUT2D eigenvalue weighted by molar-refractivity contribution is -0.118. The average molecular weight is 595 g/mol. The van der Waals surface area contributed by atoms with E-state index in [0.717, 1.165) is 43.0 Å². The monoisotopic (exact) mass is 594 g/mol. The lowest BCUT2D eigenvalue weighted by atomic mass is 9.88. The summed E-state index contributed by atoms with van der Waals surface area (Å²) in [6.45, 7) is 6.02. The molecule has 1 aliphatic rings. The van der Waals surface area contributed by atoms with E-state index in [9.17, 15) is 9.18 Å². The van der Waals surface area contributed by atoms with Gasteiger partial charge in [0.1, 0.15) is 29.7 Å². The quantitative estimate of drug-likeness (QED) is 0.212. The number of halogens is 1. The molecule has 0 spiro atoms. The van der Waals surface area contributed by atoms with Crippen LogP contribution >= 0.6 is 0 Å². The zero-order chi connectivity index (χ0) is 30.3. The van der Waals surface area contributed by atoms with Crippen molar-refractivity contribution in [1.82, 2.24) is 10.6 Å². The van der Waals surface area contributed by atoms with Crippen molar-refractivity contribution >= 4 is 5.91 Å². The Balaban J connectivity index is 1.18. The fourth-order valence-corrected chi connectivity index (χ4v) is 5.16. The van der Waals surface area contributed by atoms with Gasteiger partial charge >= 0.3 is 0 Å². The number of methoxy groups -OCH3 is 1. The first-order chi connectivity index (χ1) is 21.0. The Morgan fingerprint density at radius 3 is 2.60 bits per heavy atom. The molecule has 1 aliphatic heterocycles. The number of ether oxygens (including phenoxy) is 5. The highest BCUT2D eigenvalue weighted by Crippen LogP contribution is 2.29. The van der Waals surface area contributed by atoms with Crippen molar-refractivity contribution in [2.45, 2.75) is 44.8 Å². The predicted molar refractivity (Wildman–Crippen MR) is 163 cm³/mol. The average Bonchev–Trinajstić information content (AvgIpc) is 3.02. The zero-order valence-corrected chi connectivity index (χ0v) is 25.1. The molecule has 0 saturated carbocycles. The third-order valence-electron chi connectivity index (χ3n) is 7.35. The molecule has 8 nitrogen and oxygen atoms in total. The second-order valence-electron chi connectivity index (χ2n) is 10.5. The molecule has 3 aromatic carbocycles. The van der Waals surface area contributed by atoms with Crippen molar-refractivity contribution in [3.05, 3.63) is 89.2 Å². The number of hydrogen-bond donors (Lipinski definition) is 2. The summed E-state index contributed by atoms with van der Waals surface area (Å²) < 4.78 is 43.1. The number of nitrogens with one attached hydrogen (secondary N) is 2. The molecule has 1 amide bonds. The van der Waals surface area contributed by atoms with E-state index < -0.39 is 0 Å². The molecule has 2 N–H and O–H groups in total. The molecule has 0 bridgehead atoms.